The van der Waals surface area contributed by atoms with E-state index in [1.54, 1.807) is 13.2 Å². The smallest absolute Gasteiger partial charge is 0.363 e. The van der Waals surface area contributed by atoms with E-state index in [0.717, 1.165) is 22.4 Å². The first-order chi connectivity index (χ1) is 10.7. The van der Waals surface area contributed by atoms with Crippen LogP contribution < -0.4 is 4.74 Å². The van der Waals surface area contributed by atoms with Crippen molar-refractivity contribution in [1.82, 2.24) is 0 Å². The Balaban J connectivity index is 1.90. The second-order valence-corrected chi connectivity index (χ2v) is 4.98. The van der Waals surface area contributed by atoms with Gasteiger partial charge in [0.05, 0.1) is 7.11 Å². The zero-order valence-corrected chi connectivity index (χ0v) is 12.4. The van der Waals surface area contributed by atoms with E-state index in [0.29, 0.717) is 11.6 Å². The van der Waals surface area contributed by atoms with Gasteiger partial charge in [0.2, 0.25) is 5.90 Å². The standard InChI is InChI=1S/C18H15NO3/c1-12-4-3-5-14(10-12)17-19-16(18(20)22-17)11-13-6-8-15(21-2)9-7-13/h3-11H,1-2H3/b16-11-. The fourth-order valence-electron chi connectivity index (χ4n) is 2.17. The molecule has 0 aromatic heterocycles. The van der Waals surface area contributed by atoms with Gasteiger partial charge >= 0.3 is 5.97 Å². The van der Waals surface area contributed by atoms with Crippen LogP contribution in [0.2, 0.25) is 0 Å². The van der Waals surface area contributed by atoms with Gasteiger partial charge in [-0.05, 0) is 42.8 Å². The van der Waals surface area contributed by atoms with Gasteiger partial charge in [-0.3, -0.25) is 0 Å². The van der Waals surface area contributed by atoms with Crippen LogP contribution in [0.25, 0.3) is 6.08 Å². The quantitative estimate of drug-likeness (QED) is 0.644. The molecule has 0 radical (unpaired) electrons. The van der Waals surface area contributed by atoms with Crippen molar-refractivity contribution >= 4 is 17.9 Å². The Hall–Kier alpha value is -2.88. The van der Waals surface area contributed by atoms with Crippen molar-refractivity contribution in [2.75, 3.05) is 7.11 Å². The van der Waals surface area contributed by atoms with E-state index in [9.17, 15) is 4.79 Å². The van der Waals surface area contributed by atoms with Crippen molar-refractivity contribution < 1.29 is 14.3 Å². The molecule has 0 aliphatic carbocycles. The molecule has 0 spiro atoms. The van der Waals surface area contributed by atoms with Crippen LogP contribution >= 0.6 is 0 Å². The van der Waals surface area contributed by atoms with Gasteiger partial charge in [-0.15, -0.1) is 0 Å². The van der Waals surface area contributed by atoms with E-state index in [4.69, 9.17) is 9.47 Å². The third kappa shape index (κ3) is 2.91. The Bertz CT molecular complexity index is 773. The number of benzene rings is 2. The van der Waals surface area contributed by atoms with E-state index in [2.05, 4.69) is 4.99 Å². The Labute approximate surface area is 128 Å². The molecule has 1 aliphatic heterocycles. The molecule has 2 aromatic carbocycles. The molecule has 22 heavy (non-hydrogen) atoms. The number of aliphatic imine (C=N–C) groups is 1. The molecule has 0 bridgehead atoms. The molecule has 4 heteroatoms. The van der Waals surface area contributed by atoms with Crippen molar-refractivity contribution in [3.63, 3.8) is 0 Å². The topological polar surface area (TPSA) is 47.9 Å². The van der Waals surface area contributed by atoms with Crippen molar-refractivity contribution in [3.05, 3.63) is 70.9 Å². The summed E-state index contributed by atoms with van der Waals surface area (Å²) in [6, 6.07) is 15.1. The summed E-state index contributed by atoms with van der Waals surface area (Å²) in [6.45, 7) is 1.98. The van der Waals surface area contributed by atoms with E-state index in [-0.39, 0.29) is 0 Å². The number of nitrogens with zero attached hydrogens (tertiary/aromatic N) is 1. The number of hydrogen-bond donors (Lipinski definition) is 0. The van der Waals surface area contributed by atoms with Crippen molar-refractivity contribution in [2.24, 2.45) is 4.99 Å². The maximum absolute atomic E-state index is 11.9. The summed E-state index contributed by atoms with van der Waals surface area (Å²) in [5.74, 6) is 0.667. The Morgan fingerprint density at radius 2 is 1.91 bits per heavy atom. The zero-order valence-electron chi connectivity index (χ0n) is 12.4. The van der Waals surface area contributed by atoms with Crippen LogP contribution in [0.4, 0.5) is 0 Å². The highest BCUT2D eigenvalue weighted by atomic mass is 16.6. The van der Waals surface area contributed by atoms with E-state index in [1.165, 1.54) is 0 Å². The second-order valence-electron chi connectivity index (χ2n) is 4.98. The average Bonchev–Trinajstić information content (AvgIpc) is 2.89. The first-order valence-corrected chi connectivity index (χ1v) is 6.89. The lowest BCUT2D eigenvalue weighted by molar-refractivity contribution is -0.129. The summed E-state index contributed by atoms with van der Waals surface area (Å²) < 4.78 is 10.4. The Morgan fingerprint density at radius 3 is 2.59 bits per heavy atom. The molecule has 4 nitrogen and oxygen atoms in total. The number of carbonyl (C=O) groups is 1. The molecule has 1 heterocycles. The molecule has 0 atom stereocenters. The fourth-order valence-corrected chi connectivity index (χ4v) is 2.17. The zero-order chi connectivity index (χ0) is 15.5. The van der Waals surface area contributed by atoms with Gasteiger partial charge in [0.15, 0.2) is 5.70 Å². The summed E-state index contributed by atoms with van der Waals surface area (Å²) >= 11 is 0. The lowest BCUT2D eigenvalue weighted by atomic mass is 10.1. The molecule has 2 aromatic rings. The molecule has 3 rings (SSSR count). The van der Waals surface area contributed by atoms with Gasteiger partial charge < -0.3 is 9.47 Å². The number of aryl methyl sites for hydroxylation is 1. The third-order valence-electron chi connectivity index (χ3n) is 3.30. The first-order valence-electron chi connectivity index (χ1n) is 6.89. The maximum Gasteiger partial charge on any atom is 0.363 e. The highest BCUT2D eigenvalue weighted by Gasteiger charge is 2.24. The third-order valence-corrected chi connectivity index (χ3v) is 3.30. The minimum Gasteiger partial charge on any atom is -0.497 e. The number of carbonyl (C=O) groups excluding carboxylic acids is 1. The van der Waals surface area contributed by atoms with Crippen LogP contribution in [0.15, 0.2) is 59.2 Å². The minimum absolute atomic E-state index is 0.293. The predicted octanol–water partition coefficient (Wildman–Crippen LogP) is 3.35. The molecular weight excluding hydrogens is 278 g/mol. The molecule has 1 aliphatic rings. The van der Waals surface area contributed by atoms with Gasteiger partial charge in [-0.25, -0.2) is 9.79 Å². The van der Waals surface area contributed by atoms with Crippen molar-refractivity contribution in [3.8, 4) is 5.75 Å². The van der Waals surface area contributed by atoms with Crippen molar-refractivity contribution in [2.45, 2.75) is 6.92 Å². The van der Waals surface area contributed by atoms with Crippen LogP contribution in [0.1, 0.15) is 16.7 Å². The maximum atomic E-state index is 11.9. The van der Waals surface area contributed by atoms with Gasteiger partial charge in [-0.2, -0.15) is 0 Å². The van der Waals surface area contributed by atoms with Gasteiger partial charge in [-0.1, -0.05) is 29.8 Å². The summed E-state index contributed by atoms with van der Waals surface area (Å²) in [4.78, 5) is 16.2. The minimum atomic E-state index is -0.438. The molecule has 0 fully saturated rings. The highest BCUT2D eigenvalue weighted by Crippen LogP contribution is 2.20. The SMILES string of the molecule is COc1ccc(/C=C2\N=C(c3cccc(C)c3)OC2=O)cc1. The molecule has 0 unspecified atom stereocenters. The number of rotatable bonds is 3. The number of esters is 1. The number of methoxy groups -OCH3 is 1. The number of ether oxygens (including phenoxy) is 2. The van der Waals surface area contributed by atoms with Gasteiger partial charge in [0.25, 0.3) is 0 Å². The summed E-state index contributed by atoms with van der Waals surface area (Å²) in [7, 11) is 1.61. The first kappa shape index (κ1) is 14.1. The van der Waals surface area contributed by atoms with Crippen LogP contribution in [0.5, 0.6) is 5.75 Å². The monoisotopic (exact) mass is 293 g/mol. The van der Waals surface area contributed by atoms with Crippen LogP contribution in [0, 0.1) is 6.92 Å². The molecular formula is C18H15NO3. The second kappa shape index (κ2) is 5.85. The number of hydrogen-bond acceptors (Lipinski definition) is 4. The molecule has 110 valence electrons. The van der Waals surface area contributed by atoms with Gasteiger partial charge in [0.1, 0.15) is 5.75 Å². The van der Waals surface area contributed by atoms with E-state index in [1.807, 2.05) is 55.5 Å². The summed E-state index contributed by atoms with van der Waals surface area (Å²) in [5, 5.41) is 0. The molecule has 0 saturated carbocycles. The Kier molecular flexibility index (Phi) is 3.74. The van der Waals surface area contributed by atoms with Gasteiger partial charge in [0, 0.05) is 5.56 Å². The highest BCUT2D eigenvalue weighted by molar-refractivity contribution is 6.12. The van der Waals surface area contributed by atoms with Crippen LogP contribution in [-0.2, 0) is 9.53 Å². The lowest BCUT2D eigenvalue weighted by Crippen LogP contribution is -2.05. The van der Waals surface area contributed by atoms with E-state index < -0.39 is 5.97 Å². The molecule has 0 saturated heterocycles. The summed E-state index contributed by atoms with van der Waals surface area (Å²) in [6.07, 6.45) is 1.70. The fraction of sp³-hybridized carbons (Fsp3) is 0.111. The largest absolute Gasteiger partial charge is 0.497 e. The van der Waals surface area contributed by atoms with Crippen LogP contribution in [-0.4, -0.2) is 19.0 Å². The Morgan fingerprint density at radius 1 is 1.14 bits per heavy atom. The summed E-state index contributed by atoms with van der Waals surface area (Å²) in [5.41, 5.74) is 3.04. The van der Waals surface area contributed by atoms with E-state index >= 15 is 0 Å². The average molecular weight is 293 g/mol. The molecule has 0 N–H and O–H groups in total. The lowest BCUT2D eigenvalue weighted by Gasteiger charge is -1.99. The van der Waals surface area contributed by atoms with Crippen molar-refractivity contribution in [1.29, 1.82) is 0 Å². The number of cyclic esters (lactones) is 1. The van der Waals surface area contributed by atoms with Crippen LogP contribution in [0.3, 0.4) is 0 Å². The normalized spacial score (nSPS) is 15.6. The molecule has 0 amide bonds. The predicted molar refractivity (Wildman–Crippen MR) is 84.8 cm³/mol.